The van der Waals surface area contributed by atoms with Gasteiger partial charge < -0.3 is 29.0 Å². The molecule has 11 heteroatoms. The number of carbonyl (C=O) groups is 4. The Bertz CT molecular complexity index is 1130. The molecule has 1 aromatic carbocycles. The van der Waals surface area contributed by atoms with Gasteiger partial charge in [0.1, 0.15) is 18.9 Å². The molecule has 0 spiro atoms. The van der Waals surface area contributed by atoms with Crippen LogP contribution in [0.4, 0.5) is 4.79 Å². The van der Waals surface area contributed by atoms with Crippen molar-refractivity contribution in [1.29, 1.82) is 0 Å². The van der Waals surface area contributed by atoms with E-state index in [4.69, 9.17) is 13.9 Å². The minimum atomic E-state index is -1.35. The SMILES string of the molecule is C[C@@]1(c2ccco2)NC(=O)N(CC(=O)N2CCN(C(=O)[C@@H]3COc4ccccc4O3)CC2)C1=O. The number of imide groups is 1. The lowest BCUT2D eigenvalue weighted by atomic mass is 9.99. The molecule has 178 valence electrons. The van der Waals surface area contributed by atoms with Crippen LogP contribution in [-0.2, 0) is 19.9 Å². The first kappa shape index (κ1) is 21.8. The predicted molar refractivity (Wildman–Crippen MR) is 116 cm³/mol. The zero-order valence-electron chi connectivity index (χ0n) is 18.6. The number of para-hydroxylation sites is 2. The third-order valence-electron chi connectivity index (χ3n) is 6.31. The van der Waals surface area contributed by atoms with Gasteiger partial charge in [-0.25, -0.2) is 4.79 Å². The molecule has 4 heterocycles. The molecule has 2 saturated heterocycles. The van der Waals surface area contributed by atoms with Crippen molar-refractivity contribution < 1.29 is 33.1 Å². The van der Waals surface area contributed by atoms with E-state index in [2.05, 4.69) is 5.32 Å². The largest absolute Gasteiger partial charge is 0.485 e. The summed E-state index contributed by atoms with van der Waals surface area (Å²) in [7, 11) is 0. The van der Waals surface area contributed by atoms with Crippen LogP contribution in [0.1, 0.15) is 12.7 Å². The van der Waals surface area contributed by atoms with Crippen LogP contribution >= 0.6 is 0 Å². The van der Waals surface area contributed by atoms with E-state index in [-0.39, 0.29) is 38.1 Å². The fraction of sp³-hybridized carbons (Fsp3) is 0.391. The van der Waals surface area contributed by atoms with Crippen molar-refractivity contribution in [1.82, 2.24) is 20.0 Å². The molecule has 1 N–H and O–H groups in total. The molecule has 0 radical (unpaired) electrons. The van der Waals surface area contributed by atoms with Crippen LogP contribution in [-0.4, -0.2) is 83.9 Å². The van der Waals surface area contributed by atoms with Gasteiger partial charge in [-0.2, -0.15) is 0 Å². The molecule has 0 saturated carbocycles. The number of urea groups is 1. The van der Waals surface area contributed by atoms with Crippen LogP contribution < -0.4 is 14.8 Å². The average Bonchev–Trinajstić information content (AvgIpc) is 3.48. The van der Waals surface area contributed by atoms with Gasteiger partial charge in [0, 0.05) is 26.2 Å². The topological polar surface area (TPSA) is 122 Å². The number of piperazine rings is 1. The van der Waals surface area contributed by atoms with Crippen molar-refractivity contribution in [2.45, 2.75) is 18.6 Å². The summed E-state index contributed by atoms with van der Waals surface area (Å²) in [5, 5.41) is 2.60. The highest BCUT2D eigenvalue weighted by molar-refractivity contribution is 6.08. The molecule has 3 aliphatic rings. The van der Waals surface area contributed by atoms with E-state index in [0.717, 1.165) is 4.90 Å². The van der Waals surface area contributed by atoms with Crippen molar-refractivity contribution in [3.05, 3.63) is 48.4 Å². The van der Waals surface area contributed by atoms with Gasteiger partial charge in [-0.3, -0.25) is 19.3 Å². The van der Waals surface area contributed by atoms with E-state index in [1.54, 1.807) is 34.1 Å². The molecule has 0 unspecified atom stereocenters. The Morgan fingerprint density at radius 2 is 1.74 bits per heavy atom. The summed E-state index contributed by atoms with van der Waals surface area (Å²) >= 11 is 0. The maximum Gasteiger partial charge on any atom is 0.325 e. The second kappa shape index (κ2) is 8.40. The summed E-state index contributed by atoms with van der Waals surface area (Å²) in [6.45, 7) is 2.48. The zero-order chi connectivity index (χ0) is 23.9. The third kappa shape index (κ3) is 3.72. The lowest BCUT2D eigenvalue weighted by molar-refractivity contribution is -0.147. The highest BCUT2D eigenvalue weighted by Crippen LogP contribution is 2.31. The highest BCUT2D eigenvalue weighted by atomic mass is 16.6. The molecule has 3 aliphatic heterocycles. The Kier molecular flexibility index (Phi) is 5.39. The van der Waals surface area contributed by atoms with Crippen LogP contribution in [0.3, 0.4) is 0 Å². The third-order valence-corrected chi connectivity index (χ3v) is 6.31. The van der Waals surface area contributed by atoms with Crippen molar-refractivity contribution in [3.63, 3.8) is 0 Å². The van der Waals surface area contributed by atoms with Crippen molar-refractivity contribution >= 4 is 23.8 Å². The lowest BCUT2D eigenvalue weighted by Crippen LogP contribution is -2.56. The van der Waals surface area contributed by atoms with Crippen LogP contribution in [0.5, 0.6) is 11.5 Å². The van der Waals surface area contributed by atoms with E-state index in [9.17, 15) is 19.2 Å². The standard InChI is InChI=1S/C23H24N4O7/c1-23(18-7-4-12-32-18)21(30)27(22(31)24-23)13-19(28)25-8-10-26(11-9-25)20(29)17-14-33-15-5-2-3-6-16(15)34-17/h2-7,12,17H,8-11,13-14H2,1H3,(H,24,31)/t17-,23-/m0/s1. The number of fused-ring (bicyclic) bond motifs is 1. The summed E-state index contributed by atoms with van der Waals surface area (Å²) in [5.41, 5.74) is -1.35. The number of benzene rings is 1. The predicted octanol–water partition coefficient (Wildman–Crippen LogP) is 0.557. The number of hydrogen-bond donors (Lipinski definition) is 1. The molecular weight excluding hydrogens is 444 g/mol. The number of hydrogen-bond acceptors (Lipinski definition) is 7. The maximum absolute atomic E-state index is 12.9. The number of nitrogens with zero attached hydrogens (tertiary/aromatic N) is 3. The minimum Gasteiger partial charge on any atom is -0.485 e. The van der Waals surface area contributed by atoms with E-state index < -0.39 is 23.6 Å². The van der Waals surface area contributed by atoms with E-state index in [0.29, 0.717) is 30.3 Å². The summed E-state index contributed by atoms with van der Waals surface area (Å²) in [6, 6.07) is 9.73. The first-order valence-corrected chi connectivity index (χ1v) is 11.0. The van der Waals surface area contributed by atoms with Gasteiger partial charge in [-0.05, 0) is 31.2 Å². The first-order chi connectivity index (χ1) is 16.4. The van der Waals surface area contributed by atoms with Crippen LogP contribution in [0.2, 0.25) is 0 Å². The van der Waals surface area contributed by atoms with Crippen LogP contribution in [0, 0.1) is 0 Å². The number of carbonyl (C=O) groups excluding carboxylic acids is 4. The van der Waals surface area contributed by atoms with Crippen molar-refractivity contribution in [3.8, 4) is 11.5 Å². The monoisotopic (exact) mass is 468 g/mol. The Morgan fingerprint density at radius 3 is 2.44 bits per heavy atom. The number of ether oxygens (including phenoxy) is 2. The number of amides is 5. The molecule has 1 aromatic heterocycles. The molecule has 5 rings (SSSR count). The van der Waals surface area contributed by atoms with Crippen molar-refractivity contribution in [2.75, 3.05) is 39.3 Å². The normalized spacial score (nSPS) is 24.3. The molecule has 5 amide bonds. The summed E-state index contributed by atoms with van der Waals surface area (Å²) in [5.74, 6) is 0.297. The molecule has 34 heavy (non-hydrogen) atoms. The van der Waals surface area contributed by atoms with E-state index >= 15 is 0 Å². The Morgan fingerprint density at radius 1 is 1.03 bits per heavy atom. The maximum atomic E-state index is 12.9. The quantitative estimate of drug-likeness (QED) is 0.651. The lowest BCUT2D eigenvalue weighted by Gasteiger charge is -2.37. The van der Waals surface area contributed by atoms with Gasteiger partial charge in [0.15, 0.2) is 17.0 Å². The highest BCUT2D eigenvalue weighted by Gasteiger charge is 2.51. The van der Waals surface area contributed by atoms with Crippen LogP contribution in [0.25, 0.3) is 0 Å². The Hall–Kier alpha value is -4.02. The molecule has 2 fully saturated rings. The smallest absolute Gasteiger partial charge is 0.325 e. The van der Waals surface area contributed by atoms with Gasteiger partial charge in [0.25, 0.3) is 11.8 Å². The number of furan rings is 1. The average molecular weight is 468 g/mol. The molecule has 11 nitrogen and oxygen atoms in total. The second-order valence-corrected chi connectivity index (χ2v) is 8.49. The Balaban J connectivity index is 1.16. The molecule has 0 aliphatic carbocycles. The number of nitrogens with one attached hydrogen (secondary N) is 1. The van der Waals surface area contributed by atoms with Gasteiger partial charge in [0.2, 0.25) is 12.0 Å². The summed E-state index contributed by atoms with van der Waals surface area (Å²) in [6.07, 6.45) is 0.667. The van der Waals surface area contributed by atoms with E-state index in [1.165, 1.54) is 13.2 Å². The summed E-state index contributed by atoms with van der Waals surface area (Å²) in [4.78, 5) is 55.1. The van der Waals surface area contributed by atoms with Gasteiger partial charge in [0.05, 0.1) is 6.26 Å². The first-order valence-electron chi connectivity index (χ1n) is 11.0. The fourth-order valence-corrected chi connectivity index (χ4v) is 4.33. The van der Waals surface area contributed by atoms with Gasteiger partial charge in [-0.15, -0.1) is 0 Å². The summed E-state index contributed by atoms with van der Waals surface area (Å²) < 4.78 is 16.7. The van der Waals surface area contributed by atoms with Gasteiger partial charge >= 0.3 is 6.03 Å². The number of rotatable bonds is 4. The fourth-order valence-electron chi connectivity index (χ4n) is 4.33. The van der Waals surface area contributed by atoms with Crippen molar-refractivity contribution in [2.24, 2.45) is 0 Å². The second-order valence-electron chi connectivity index (χ2n) is 8.49. The Labute approximate surface area is 195 Å². The molecular formula is C23H24N4O7. The molecule has 2 atom stereocenters. The van der Waals surface area contributed by atoms with Gasteiger partial charge in [-0.1, -0.05) is 12.1 Å². The van der Waals surface area contributed by atoms with Crippen LogP contribution in [0.15, 0.2) is 47.1 Å². The zero-order valence-corrected chi connectivity index (χ0v) is 18.6. The minimum absolute atomic E-state index is 0.121. The molecule has 0 bridgehead atoms. The molecule has 2 aromatic rings. The van der Waals surface area contributed by atoms with E-state index in [1.807, 2.05) is 12.1 Å².